The van der Waals surface area contributed by atoms with Crippen molar-refractivity contribution in [1.82, 2.24) is 10.6 Å². The summed E-state index contributed by atoms with van der Waals surface area (Å²) >= 11 is 0. The molecule has 1 atom stereocenters. The fourth-order valence-electron chi connectivity index (χ4n) is 2.29. The maximum absolute atomic E-state index is 3.48. The van der Waals surface area contributed by atoms with Crippen molar-refractivity contribution in [3.63, 3.8) is 0 Å². The molecule has 2 aliphatic heterocycles. The summed E-state index contributed by atoms with van der Waals surface area (Å²) in [4.78, 5) is 0. The third-order valence-corrected chi connectivity index (χ3v) is 3.18. The van der Waals surface area contributed by atoms with Crippen molar-refractivity contribution in [2.45, 2.75) is 13.3 Å². The molecule has 58 valence electrons. The first-order chi connectivity index (χ1) is 4.87. The van der Waals surface area contributed by atoms with Crippen LogP contribution >= 0.6 is 0 Å². The summed E-state index contributed by atoms with van der Waals surface area (Å²) < 4.78 is 0. The van der Waals surface area contributed by atoms with Crippen LogP contribution in [0.5, 0.6) is 0 Å². The van der Waals surface area contributed by atoms with Crippen LogP contribution in [0.1, 0.15) is 13.3 Å². The van der Waals surface area contributed by atoms with E-state index in [2.05, 4.69) is 17.6 Å². The minimum absolute atomic E-state index is 0.661. The molecular formula is C8H16N2. The van der Waals surface area contributed by atoms with E-state index in [0.29, 0.717) is 5.41 Å². The topological polar surface area (TPSA) is 24.1 Å². The Morgan fingerprint density at radius 1 is 1.30 bits per heavy atom. The molecule has 1 spiro atoms. The quantitative estimate of drug-likeness (QED) is 0.544. The second-order valence-corrected chi connectivity index (χ2v) is 3.70. The van der Waals surface area contributed by atoms with Gasteiger partial charge in [-0.15, -0.1) is 0 Å². The first-order valence-corrected chi connectivity index (χ1v) is 4.29. The smallest absolute Gasteiger partial charge is 0.0117 e. The van der Waals surface area contributed by atoms with Crippen molar-refractivity contribution in [2.24, 2.45) is 11.3 Å². The highest BCUT2D eigenvalue weighted by Gasteiger charge is 2.46. The highest BCUT2D eigenvalue weighted by molar-refractivity contribution is 5.02. The molecule has 0 aromatic carbocycles. The molecule has 0 amide bonds. The molecule has 2 rings (SSSR count). The van der Waals surface area contributed by atoms with Crippen LogP contribution in [0.2, 0.25) is 0 Å². The molecular weight excluding hydrogens is 124 g/mol. The highest BCUT2D eigenvalue weighted by atomic mass is 15.1. The fraction of sp³-hybridized carbons (Fsp3) is 1.00. The Morgan fingerprint density at radius 3 is 2.40 bits per heavy atom. The second kappa shape index (κ2) is 2.21. The molecule has 0 aromatic heterocycles. The van der Waals surface area contributed by atoms with E-state index in [1.165, 1.54) is 32.6 Å². The average Bonchev–Trinajstić information content (AvgIpc) is 2.27. The Hall–Kier alpha value is -0.0800. The number of hydrogen-bond acceptors (Lipinski definition) is 2. The molecule has 1 unspecified atom stereocenters. The van der Waals surface area contributed by atoms with Crippen LogP contribution in [0.3, 0.4) is 0 Å². The number of hydrogen-bond donors (Lipinski definition) is 2. The van der Waals surface area contributed by atoms with E-state index in [9.17, 15) is 0 Å². The van der Waals surface area contributed by atoms with Crippen molar-refractivity contribution < 1.29 is 0 Å². The average molecular weight is 140 g/mol. The van der Waals surface area contributed by atoms with Crippen LogP contribution in [0.25, 0.3) is 0 Å². The van der Waals surface area contributed by atoms with Crippen LogP contribution in [-0.2, 0) is 0 Å². The van der Waals surface area contributed by atoms with Gasteiger partial charge in [-0.3, -0.25) is 0 Å². The van der Waals surface area contributed by atoms with Crippen molar-refractivity contribution in [3.8, 4) is 0 Å². The Kier molecular flexibility index (Phi) is 1.46. The molecule has 0 radical (unpaired) electrons. The lowest BCUT2D eigenvalue weighted by molar-refractivity contribution is 0.126. The van der Waals surface area contributed by atoms with Gasteiger partial charge in [0.1, 0.15) is 0 Å². The highest BCUT2D eigenvalue weighted by Crippen LogP contribution is 2.36. The van der Waals surface area contributed by atoms with Crippen molar-refractivity contribution >= 4 is 0 Å². The maximum atomic E-state index is 3.48. The van der Waals surface area contributed by atoms with Crippen molar-refractivity contribution in [3.05, 3.63) is 0 Å². The summed E-state index contributed by atoms with van der Waals surface area (Å²) in [5, 5.41) is 6.84. The molecule has 0 saturated carbocycles. The SMILES string of the molecule is CCC1CNCC12CNC2. The molecule has 2 nitrogen and oxygen atoms in total. The summed E-state index contributed by atoms with van der Waals surface area (Å²) in [6, 6.07) is 0. The molecule has 2 saturated heterocycles. The predicted octanol–water partition coefficient (Wildman–Crippen LogP) is 0.205. The van der Waals surface area contributed by atoms with Crippen LogP contribution < -0.4 is 10.6 Å². The number of nitrogens with one attached hydrogen (secondary N) is 2. The Balaban J connectivity index is 2.05. The van der Waals surface area contributed by atoms with Gasteiger partial charge >= 0.3 is 0 Å². The summed E-state index contributed by atoms with van der Waals surface area (Å²) in [5.74, 6) is 0.939. The van der Waals surface area contributed by atoms with Crippen molar-refractivity contribution in [2.75, 3.05) is 26.2 Å². The largest absolute Gasteiger partial charge is 0.316 e. The van der Waals surface area contributed by atoms with E-state index in [-0.39, 0.29) is 0 Å². The standard InChI is InChI=1S/C8H16N2/c1-2-7-3-9-4-8(7)5-10-6-8/h7,9-10H,2-6H2,1H3. The Labute approximate surface area is 62.4 Å². The van der Waals surface area contributed by atoms with Crippen molar-refractivity contribution in [1.29, 1.82) is 0 Å². The van der Waals surface area contributed by atoms with Gasteiger partial charge in [0.15, 0.2) is 0 Å². The van der Waals surface area contributed by atoms with Gasteiger partial charge in [0, 0.05) is 25.0 Å². The third-order valence-electron chi connectivity index (χ3n) is 3.18. The van der Waals surface area contributed by atoms with Gasteiger partial charge in [-0.1, -0.05) is 13.3 Å². The molecule has 0 aromatic rings. The summed E-state index contributed by atoms with van der Waals surface area (Å²) in [5.41, 5.74) is 0.661. The summed E-state index contributed by atoms with van der Waals surface area (Å²) in [6.45, 7) is 7.30. The molecule has 0 bridgehead atoms. The van der Waals surface area contributed by atoms with E-state index < -0.39 is 0 Å². The third kappa shape index (κ3) is 0.722. The van der Waals surface area contributed by atoms with Gasteiger partial charge in [-0.05, 0) is 12.5 Å². The lowest BCUT2D eigenvalue weighted by Gasteiger charge is -2.43. The second-order valence-electron chi connectivity index (χ2n) is 3.70. The van der Waals surface area contributed by atoms with Gasteiger partial charge in [0.2, 0.25) is 0 Å². The molecule has 2 aliphatic rings. The Morgan fingerprint density at radius 2 is 2.00 bits per heavy atom. The summed E-state index contributed by atoms with van der Waals surface area (Å²) in [7, 11) is 0. The van der Waals surface area contributed by atoms with Gasteiger partial charge in [-0.25, -0.2) is 0 Å². The van der Waals surface area contributed by atoms with Gasteiger partial charge in [-0.2, -0.15) is 0 Å². The van der Waals surface area contributed by atoms with E-state index in [4.69, 9.17) is 0 Å². The molecule has 2 fully saturated rings. The van der Waals surface area contributed by atoms with Gasteiger partial charge < -0.3 is 10.6 Å². The van der Waals surface area contributed by atoms with Crippen LogP contribution in [0.15, 0.2) is 0 Å². The lowest BCUT2D eigenvalue weighted by Crippen LogP contribution is -2.57. The van der Waals surface area contributed by atoms with Crippen LogP contribution in [0, 0.1) is 11.3 Å². The van der Waals surface area contributed by atoms with E-state index in [1.54, 1.807) is 0 Å². The monoisotopic (exact) mass is 140 g/mol. The molecule has 10 heavy (non-hydrogen) atoms. The lowest BCUT2D eigenvalue weighted by atomic mass is 9.72. The zero-order chi connectivity index (χ0) is 7.03. The molecule has 0 aliphatic carbocycles. The molecule has 2 N–H and O–H groups in total. The minimum Gasteiger partial charge on any atom is -0.316 e. The van der Waals surface area contributed by atoms with Gasteiger partial charge in [0.25, 0.3) is 0 Å². The Bertz CT molecular complexity index is 129. The molecule has 2 heterocycles. The molecule has 2 heteroatoms. The normalized spacial score (nSPS) is 36.3. The summed E-state index contributed by atoms with van der Waals surface area (Å²) in [6.07, 6.45) is 1.34. The van der Waals surface area contributed by atoms with E-state index in [1.807, 2.05) is 0 Å². The fourth-order valence-corrected chi connectivity index (χ4v) is 2.29. The van der Waals surface area contributed by atoms with E-state index >= 15 is 0 Å². The first-order valence-electron chi connectivity index (χ1n) is 4.29. The van der Waals surface area contributed by atoms with E-state index in [0.717, 1.165) is 5.92 Å². The maximum Gasteiger partial charge on any atom is 0.0117 e. The zero-order valence-electron chi connectivity index (χ0n) is 6.61. The van der Waals surface area contributed by atoms with Gasteiger partial charge in [0.05, 0.1) is 0 Å². The van der Waals surface area contributed by atoms with Crippen LogP contribution in [-0.4, -0.2) is 26.2 Å². The number of rotatable bonds is 1. The minimum atomic E-state index is 0.661. The zero-order valence-corrected chi connectivity index (χ0v) is 6.61. The van der Waals surface area contributed by atoms with Crippen LogP contribution in [0.4, 0.5) is 0 Å². The predicted molar refractivity (Wildman–Crippen MR) is 42.0 cm³/mol. The first kappa shape index (κ1) is 6.62.